The van der Waals surface area contributed by atoms with E-state index in [0.29, 0.717) is 18.2 Å². The summed E-state index contributed by atoms with van der Waals surface area (Å²) in [7, 11) is 3.40. The van der Waals surface area contributed by atoms with Crippen LogP contribution in [-0.2, 0) is 9.59 Å². The molecule has 0 radical (unpaired) electrons. The monoisotopic (exact) mass is 304 g/mol. The van der Waals surface area contributed by atoms with Crippen molar-refractivity contribution in [1.82, 2.24) is 4.90 Å². The van der Waals surface area contributed by atoms with E-state index in [1.807, 2.05) is 6.92 Å². The van der Waals surface area contributed by atoms with Gasteiger partial charge in [0, 0.05) is 36.7 Å². The van der Waals surface area contributed by atoms with E-state index < -0.39 is 16.8 Å². The van der Waals surface area contributed by atoms with E-state index >= 15 is 0 Å². The van der Waals surface area contributed by atoms with E-state index in [1.54, 1.807) is 21.0 Å². The minimum absolute atomic E-state index is 0.00285. The topological polar surface area (TPSA) is 60.4 Å². The molecule has 1 aliphatic carbocycles. The minimum atomic E-state index is -1.06. The molecule has 98 valence electrons. The van der Waals surface area contributed by atoms with Gasteiger partial charge in [-0.05, 0) is 18.3 Å². The molecular weight excluding hydrogens is 286 g/mol. The first-order chi connectivity index (χ1) is 7.70. The number of nitrogens with zero attached hydrogens (tertiary/aromatic N) is 1. The number of carboxylic acids is 1. The fraction of sp³-hybridized carbons (Fsp3) is 0.833. The SMILES string of the molecule is CN(C)C(=O)[C@H]1CC[C@@](C)(C(=O)[O-])[C@]1(C)CBr. The second-order valence-electron chi connectivity index (χ2n) is 5.49. The Hall–Kier alpha value is -0.580. The second-order valence-corrected chi connectivity index (χ2v) is 6.06. The van der Waals surface area contributed by atoms with Crippen LogP contribution < -0.4 is 5.11 Å². The minimum Gasteiger partial charge on any atom is -0.550 e. The molecule has 0 bridgehead atoms. The third-order valence-electron chi connectivity index (χ3n) is 4.43. The van der Waals surface area contributed by atoms with Gasteiger partial charge in [-0.2, -0.15) is 0 Å². The van der Waals surface area contributed by atoms with E-state index in [0.717, 1.165) is 0 Å². The number of carboxylic acid groups (broad SMARTS) is 1. The van der Waals surface area contributed by atoms with Gasteiger partial charge in [-0.1, -0.05) is 29.8 Å². The Morgan fingerprint density at radius 1 is 1.41 bits per heavy atom. The molecule has 4 nitrogen and oxygen atoms in total. The van der Waals surface area contributed by atoms with Crippen molar-refractivity contribution in [3.05, 3.63) is 0 Å². The molecule has 0 aromatic carbocycles. The summed E-state index contributed by atoms with van der Waals surface area (Å²) in [5.74, 6) is -1.33. The molecule has 0 saturated heterocycles. The number of carbonyl (C=O) groups is 2. The normalized spacial score (nSPS) is 36.9. The molecule has 1 saturated carbocycles. The van der Waals surface area contributed by atoms with Crippen molar-refractivity contribution in [2.45, 2.75) is 26.7 Å². The highest BCUT2D eigenvalue weighted by Crippen LogP contribution is 2.57. The van der Waals surface area contributed by atoms with Crippen LogP contribution in [0, 0.1) is 16.7 Å². The van der Waals surface area contributed by atoms with Crippen molar-refractivity contribution >= 4 is 27.8 Å². The Morgan fingerprint density at radius 3 is 2.29 bits per heavy atom. The van der Waals surface area contributed by atoms with Crippen LogP contribution >= 0.6 is 15.9 Å². The lowest BCUT2D eigenvalue weighted by Crippen LogP contribution is -2.52. The molecule has 0 aromatic heterocycles. The van der Waals surface area contributed by atoms with Gasteiger partial charge in [-0.15, -0.1) is 0 Å². The van der Waals surface area contributed by atoms with Gasteiger partial charge in [0.1, 0.15) is 0 Å². The van der Waals surface area contributed by atoms with E-state index in [1.165, 1.54) is 4.90 Å². The van der Waals surface area contributed by atoms with Crippen molar-refractivity contribution in [1.29, 1.82) is 0 Å². The number of amides is 1. The highest BCUT2D eigenvalue weighted by atomic mass is 79.9. The maximum atomic E-state index is 12.1. The van der Waals surface area contributed by atoms with Crippen molar-refractivity contribution in [2.75, 3.05) is 19.4 Å². The summed E-state index contributed by atoms with van der Waals surface area (Å²) in [6, 6.07) is 0. The first-order valence-electron chi connectivity index (χ1n) is 5.69. The third kappa shape index (κ3) is 1.98. The van der Waals surface area contributed by atoms with Gasteiger partial charge in [0.2, 0.25) is 5.91 Å². The predicted molar refractivity (Wildman–Crippen MR) is 66.4 cm³/mol. The summed E-state index contributed by atoms with van der Waals surface area (Å²) in [4.78, 5) is 25.0. The fourth-order valence-corrected chi connectivity index (χ4v) is 3.71. The van der Waals surface area contributed by atoms with Gasteiger partial charge < -0.3 is 14.8 Å². The zero-order chi connectivity index (χ0) is 13.4. The zero-order valence-corrected chi connectivity index (χ0v) is 12.3. The number of alkyl halides is 1. The molecule has 3 atom stereocenters. The quantitative estimate of drug-likeness (QED) is 0.719. The smallest absolute Gasteiger partial charge is 0.225 e. The Bertz CT molecular complexity index is 345. The Balaban J connectivity index is 3.15. The lowest BCUT2D eigenvalue weighted by Gasteiger charge is -2.44. The zero-order valence-electron chi connectivity index (χ0n) is 10.7. The highest BCUT2D eigenvalue weighted by Gasteiger charge is 2.57. The number of hydrogen-bond donors (Lipinski definition) is 0. The van der Waals surface area contributed by atoms with Crippen LogP contribution in [0.2, 0.25) is 0 Å². The lowest BCUT2D eigenvalue weighted by atomic mass is 9.65. The maximum Gasteiger partial charge on any atom is 0.225 e. The van der Waals surface area contributed by atoms with Crippen molar-refractivity contribution in [2.24, 2.45) is 16.7 Å². The van der Waals surface area contributed by atoms with Gasteiger partial charge >= 0.3 is 0 Å². The van der Waals surface area contributed by atoms with Crippen LogP contribution in [0.15, 0.2) is 0 Å². The van der Waals surface area contributed by atoms with E-state index in [-0.39, 0.29) is 11.8 Å². The number of halogens is 1. The highest BCUT2D eigenvalue weighted by molar-refractivity contribution is 9.09. The van der Waals surface area contributed by atoms with Crippen molar-refractivity contribution in [3.63, 3.8) is 0 Å². The van der Waals surface area contributed by atoms with Crippen LogP contribution in [0.25, 0.3) is 0 Å². The molecule has 0 aromatic rings. The van der Waals surface area contributed by atoms with Crippen molar-refractivity contribution < 1.29 is 14.7 Å². The molecule has 0 heterocycles. The summed E-state index contributed by atoms with van der Waals surface area (Å²) in [6.45, 7) is 3.54. The summed E-state index contributed by atoms with van der Waals surface area (Å²) >= 11 is 3.37. The molecule has 0 unspecified atom stereocenters. The van der Waals surface area contributed by atoms with Crippen molar-refractivity contribution in [3.8, 4) is 0 Å². The first-order valence-corrected chi connectivity index (χ1v) is 6.81. The molecule has 0 spiro atoms. The maximum absolute atomic E-state index is 12.1. The summed E-state index contributed by atoms with van der Waals surface area (Å²) < 4.78 is 0. The second kappa shape index (κ2) is 4.59. The largest absolute Gasteiger partial charge is 0.550 e. The average molecular weight is 305 g/mol. The molecule has 1 rings (SSSR count). The molecule has 1 aliphatic rings. The molecule has 1 fully saturated rings. The molecule has 1 amide bonds. The van der Waals surface area contributed by atoms with Crippen LogP contribution in [0.5, 0.6) is 0 Å². The molecular formula is C12H19BrNO3-. The number of rotatable bonds is 3. The van der Waals surface area contributed by atoms with E-state index in [9.17, 15) is 14.7 Å². The van der Waals surface area contributed by atoms with Crippen LogP contribution in [0.1, 0.15) is 26.7 Å². The van der Waals surface area contributed by atoms with Gasteiger partial charge in [0.05, 0.1) is 0 Å². The van der Waals surface area contributed by atoms with E-state index in [4.69, 9.17) is 0 Å². The molecule has 5 heteroatoms. The Labute approximate surface area is 110 Å². The number of carbonyl (C=O) groups excluding carboxylic acids is 2. The summed E-state index contributed by atoms with van der Waals surface area (Å²) in [5.41, 5.74) is -1.56. The molecule has 0 aliphatic heterocycles. The van der Waals surface area contributed by atoms with Gasteiger partial charge in [-0.3, -0.25) is 4.79 Å². The van der Waals surface area contributed by atoms with Gasteiger partial charge in [0.15, 0.2) is 0 Å². The first kappa shape index (κ1) is 14.5. The third-order valence-corrected chi connectivity index (χ3v) is 5.59. The standard InChI is InChI=1S/C12H20BrNO3/c1-11(10(16)17)6-5-8(9(15)14(3)4)12(11,2)7-13/h8H,5-7H2,1-4H3,(H,16,17)/p-1/t8-,11+,12-/m1/s1. The Kier molecular flexibility index (Phi) is 3.91. The number of aliphatic carboxylic acids is 1. The van der Waals surface area contributed by atoms with Gasteiger partial charge in [0.25, 0.3) is 0 Å². The average Bonchev–Trinajstić information content (AvgIpc) is 2.53. The Morgan fingerprint density at radius 2 is 1.94 bits per heavy atom. The molecule has 17 heavy (non-hydrogen) atoms. The summed E-state index contributed by atoms with van der Waals surface area (Å²) in [5, 5.41) is 11.9. The van der Waals surface area contributed by atoms with Crippen LogP contribution in [-0.4, -0.2) is 36.2 Å². The number of hydrogen-bond acceptors (Lipinski definition) is 3. The molecule has 0 N–H and O–H groups in total. The van der Waals surface area contributed by atoms with E-state index in [2.05, 4.69) is 15.9 Å². The summed E-state index contributed by atoms with van der Waals surface area (Å²) in [6.07, 6.45) is 1.09. The predicted octanol–water partition coefficient (Wildman–Crippen LogP) is 0.642. The van der Waals surface area contributed by atoms with Crippen LogP contribution in [0.3, 0.4) is 0 Å². The fourth-order valence-electron chi connectivity index (χ4n) is 2.71. The van der Waals surface area contributed by atoms with Gasteiger partial charge in [-0.25, -0.2) is 0 Å². The lowest BCUT2D eigenvalue weighted by molar-refractivity contribution is -0.322. The van der Waals surface area contributed by atoms with Crippen LogP contribution in [0.4, 0.5) is 0 Å².